The molecule has 0 N–H and O–H groups in total. The van der Waals surface area contributed by atoms with Crippen LogP contribution in [0.4, 0.5) is 0 Å². The normalized spacial score (nSPS) is 9.31. The molecule has 0 saturated carbocycles. The molecule has 1 heterocycles. The first-order valence-electron chi connectivity index (χ1n) is 3.90. The van der Waals surface area contributed by atoms with Crippen LogP contribution in [0.5, 0.6) is 0 Å². The maximum Gasteiger partial charge on any atom is 0.257 e. The number of amides is 1. The van der Waals surface area contributed by atoms with Crippen molar-refractivity contribution < 1.29 is 9.21 Å². The summed E-state index contributed by atoms with van der Waals surface area (Å²) in [6, 6.07) is 1.64. The molecule has 0 aliphatic rings. The highest BCUT2D eigenvalue weighted by Gasteiger charge is 2.14. The Morgan fingerprint density at radius 1 is 1.77 bits per heavy atom. The number of hydrogen-bond acceptors (Lipinski definition) is 2. The standard InChI is InChI=1S/C10H11NO2/c1-4-6-11(3)10(12)9-5-7-13-8(9)2/h1,5,7H,6H2,2-3H3. The highest BCUT2D eigenvalue weighted by Crippen LogP contribution is 2.10. The van der Waals surface area contributed by atoms with Gasteiger partial charge in [0.05, 0.1) is 18.4 Å². The maximum atomic E-state index is 11.6. The van der Waals surface area contributed by atoms with Crippen LogP contribution in [-0.2, 0) is 0 Å². The first-order valence-corrected chi connectivity index (χ1v) is 3.90. The molecule has 13 heavy (non-hydrogen) atoms. The van der Waals surface area contributed by atoms with Crippen molar-refractivity contribution in [2.45, 2.75) is 6.92 Å². The molecule has 1 amide bonds. The number of aryl methyl sites for hydroxylation is 1. The summed E-state index contributed by atoms with van der Waals surface area (Å²) in [6.45, 7) is 2.06. The molecule has 0 fully saturated rings. The van der Waals surface area contributed by atoms with Crippen molar-refractivity contribution in [1.82, 2.24) is 4.90 Å². The van der Waals surface area contributed by atoms with Gasteiger partial charge in [0.15, 0.2) is 0 Å². The van der Waals surface area contributed by atoms with Crippen LogP contribution in [0.2, 0.25) is 0 Å². The quantitative estimate of drug-likeness (QED) is 0.638. The van der Waals surface area contributed by atoms with Gasteiger partial charge in [-0.1, -0.05) is 5.92 Å². The van der Waals surface area contributed by atoms with Gasteiger partial charge in [0.1, 0.15) is 5.76 Å². The van der Waals surface area contributed by atoms with E-state index < -0.39 is 0 Å². The van der Waals surface area contributed by atoms with Gasteiger partial charge in [0.25, 0.3) is 5.91 Å². The summed E-state index contributed by atoms with van der Waals surface area (Å²) in [6.07, 6.45) is 6.58. The molecule has 0 unspecified atom stereocenters. The van der Waals surface area contributed by atoms with Crippen LogP contribution in [0.3, 0.4) is 0 Å². The van der Waals surface area contributed by atoms with Crippen LogP contribution in [0.1, 0.15) is 16.1 Å². The maximum absolute atomic E-state index is 11.6. The summed E-state index contributed by atoms with van der Waals surface area (Å²) in [5, 5.41) is 0. The van der Waals surface area contributed by atoms with E-state index in [-0.39, 0.29) is 5.91 Å². The van der Waals surface area contributed by atoms with E-state index in [2.05, 4.69) is 5.92 Å². The third kappa shape index (κ3) is 1.91. The van der Waals surface area contributed by atoms with Crippen LogP contribution in [0, 0.1) is 19.3 Å². The van der Waals surface area contributed by atoms with E-state index in [1.807, 2.05) is 0 Å². The topological polar surface area (TPSA) is 33.5 Å². The Kier molecular flexibility index (Phi) is 2.76. The fraction of sp³-hybridized carbons (Fsp3) is 0.300. The van der Waals surface area contributed by atoms with Gasteiger partial charge < -0.3 is 9.32 Å². The molecule has 3 nitrogen and oxygen atoms in total. The highest BCUT2D eigenvalue weighted by atomic mass is 16.3. The summed E-state index contributed by atoms with van der Waals surface area (Å²) >= 11 is 0. The minimum absolute atomic E-state index is 0.107. The summed E-state index contributed by atoms with van der Waals surface area (Å²) in [4.78, 5) is 13.1. The van der Waals surface area contributed by atoms with Gasteiger partial charge in [-0.25, -0.2) is 0 Å². The smallest absolute Gasteiger partial charge is 0.257 e. The molecule has 68 valence electrons. The zero-order valence-corrected chi connectivity index (χ0v) is 7.70. The van der Waals surface area contributed by atoms with E-state index in [1.54, 1.807) is 20.0 Å². The van der Waals surface area contributed by atoms with E-state index in [4.69, 9.17) is 10.8 Å². The number of terminal acetylenes is 1. The molecule has 0 aliphatic carbocycles. The fourth-order valence-electron chi connectivity index (χ4n) is 1.02. The Bertz CT molecular complexity index is 346. The van der Waals surface area contributed by atoms with Gasteiger partial charge in [0, 0.05) is 7.05 Å². The van der Waals surface area contributed by atoms with E-state index in [1.165, 1.54) is 11.2 Å². The van der Waals surface area contributed by atoms with Gasteiger partial charge >= 0.3 is 0 Å². The number of carbonyl (C=O) groups is 1. The van der Waals surface area contributed by atoms with Gasteiger partial charge in [0.2, 0.25) is 0 Å². The number of carbonyl (C=O) groups excluding carboxylic acids is 1. The van der Waals surface area contributed by atoms with Gasteiger partial charge in [-0.2, -0.15) is 0 Å². The third-order valence-electron chi connectivity index (χ3n) is 1.76. The van der Waals surface area contributed by atoms with Gasteiger partial charge in [-0.05, 0) is 13.0 Å². The molecule has 0 aromatic carbocycles. The van der Waals surface area contributed by atoms with Crippen LogP contribution >= 0.6 is 0 Å². The summed E-state index contributed by atoms with van der Waals surface area (Å²) in [5.41, 5.74) is 0.567. The number of rotatable bonds is 2. The lowest BCUT2D eigenvalue weighted by atomic mass is 10.2. The molecule has 0 radical (unpaired) electrons. The molecule has 1 aromatic rings. The first-order chi connectivity index (χ1) is 6.16. The highest BCUT2D eigenvalue weighted by molar-refractivity contribution is 5.95. The van der Waals surface area contributed by atoms with Crippen LogP contribution in [0.25, 0.3) is 0 Å². The number of furan rings is 1. The van der Waals surface area contributed by atoms with Crippen molar-refractivity contribution in [3.05, 3.63) is 23.7 Å². The van der Waals surface area contributed by atoms with E-state index in [0.29, 0.717) is 17.9 Å². The van der Waals surface area contributed by atoms with Crippen LogP contribution < -0.4 is 0 Å². The first kappa shape index (κ1) is 9.40. The minimum atomic E-state index is -0.107. The SMILES string of the molecule is C#CCN(C)C(=O)c1ccoc1C. The molecule has 0 aliphatic heterocycles. The lowest BCUT2D eigenvalue weighted by molar-refractivity contribution is 0.0811. The molecule has 0 atom stereocenters. The van der Waals surface area contributed by atoms with Crippen molar-refractivity contribution in [2.24, 2.45) is 0 Å². The van der Waals surface area contributed by atoms with Gasteiger partial charge in [-0.3, -0.25) is 4.79 Å². The van der Waals surface area contributed by atoms with E-state index in [9.17, 15) is 4.79 Å². The zero-order chi connectivity index (χ0) is 9.84. The Morgan fingerprint density at radius 2 is 2.46 bits per heavy atom. The monoisotopic (exact) mass is 177 g/mol. The van der Waals surface area contributed by atoms with Crippen LogP contribution in [-0.4, -0.2) is 24.4 Å². The third-order valence-corrected chi connectivity index (χ3v) is 1.76. The fourth-order valence-corrected chi connectivity index (χ4v) is 1.02. The van der Waals surface area contributed by atoms with E-state index in [0.717, 1.165) is 0 Å². The Morgan fingerprint density at radius 3 is 2.92 bits per heavy atom. The van der Waals surface area contributed by atoms with Crippen LogP contribution in [0.15, 0.2) is 16.7 Å². The van der Waals surface area contributed by atoms with Gasteiger partial charge in [-0.15, -0.1) is 6.42 Å². The van der Waals surface area contributed by atoms with Crippen molar-refractivity contribution in [2.75, 3.05) is 13.6 Å². The summed E-state index contributed by atoms with van der Waals surface area (Å²) in [7, 11) is 1.66. The molecular formula is C10H11NO2. The largest absolute Gasteiger partial charge is 0.469 e. The van der Waals surface area contributed by atoms with Crippen molar-refractivity contribution >= 4 is 5.91 Å². The number of nitrogens with zero attached hydrogens (tertiary/aromatic N) is 1. The molecule has 0 spiro atoms. The second-order valence-corrected chi connectivity index (χ2v) is 2.76. The average molecular weight is 177 g/mol. The Balaban J connectivity index is 2.81. The van der Waals surface area contributed by atoms with Crippen molar-refractivity contribution in [3.63, 3.8) is 0 Å². The molecule has 1 aromatic heterocycles. The molecular weight excluding hydrogens is 166 g/mol. The molecule has 0 bridgehead atoms. The molecule has 0 saturated heterocycles. The second-order valence-electron chi connectivity index (χ2n) is 2.76. The van der Waals surface area contributed by atoms with Crippen molar-refractivity contribution in [3.8, 4) is 12.3 Å². The zero-order valence-electron chi connectivity index (χ0n) is 7.70. The Hall–Kier alpha value is -1.69. The minimum Gasteiger partial charge on any atom is -0.469 e. The average Bonchev–Trinajstić information content (AvgIpc) is 2.50. The summed E-state index contributed by atoms with van der Waals surface area (Å²) in [5.74, 6) is 2.92. The lowest BCUT2D eigenvalue weighted by Gasteiger charge is -2.12. The lowest BCUT2D eigenvalue weighted by Crippen LogP contribution is -2.27. The van der Waals surface area contributed by atoms with E-state index >= 15 is 0 Å². The molecule has 3 heteroatoms. The predicted molar refractivity (Wildman–Crippen MR) is 49.2 cm³/mol. The Labute approximate surface area is 77.3 Å². The second kappa shape index (κ2) is 3.81. The predicted octanol–water partition coefficient (Wildman–Crippen LogP) is 1.29. The van der Waals surface area contributed by atoms with Crippen molar-refractivity contribution in [1.29, 1.82) is 0 Å². The summed E-state index contributed by atoms with van der Waals surface area (Å²) < 4.78 is 5.01. The molecule has 1 rings (SSSR count). The number of hydrogen-bond donors (Lipinski definition) is 0.